The normalized spacial score (nSPS) is 12.5. The molecule has 0 spiro atoms. The first-order chi connectivity index (χ1) is 51.5. The zero-order chi connectivity index (χ0) is 75.9. The standard InChI is InChI=1S/C49H46N2O2S.C49H45N2O2S.Pt/c2*1-29(2)30-20-22-31(23-21-30)32-25-39(37-17-13-16-36-35-14-10-12-19-42(35)53-46(36)37)44-43(26-32)54-47(51-44)38-15-9-11-18-41(38)50-28-33-24-34(48(3,4)5)27-40(45(33)52)49(6,7)8;/h9-29,52H,1-8H3;9-16,18-29,52H,1-8H3;/q;-1;. The van der Waals surface area contributed by atoms with Gasteiger partial charge in [0.05, 0.1) is 27.2 Å². The van der Waals surface area contributed by atoms with Crippen molar-refractivity contribution >= 4 is 111 Å². The van der Waals surface area contributed by atoms with Crippen LogP contribution in [0.15, 0.2) is 243 Å². The number of fused-ring (bicyclic) bond motifs is 8. The van der Waals surface area contributed by atoms with Crippen molar-refractivity contribution in [1.82, 2.24) is 9.97 Å². The first-order valence-electron chi connectivity index (χ1n) is 37.4. The maximum absolute atomic E-state index is 11.5. The number of phenolic OH excluding ortho intramolecular Hbond substituents is 2. The largest absolute Gasteiger partial charge is 0.507 e. The summed E-state index contributed by atoms with van der Waals surface area (Å²) in [7, 11) is 0. The van der Waals surface area contributed by atoms with E-state index in [1.165, 1.54) is 11.1 Å². The second-order valence-electron chi connectivity index (χ2n) is 33.3. The second kappa shape index (κ2) is 29.6. The maximum Gasteiger partial charge on any atom is 0.143 e. The van der Waals surface area contributed by atoms with Gasteiger partial charge in [-0.25, -0.2) is 9.97 Å². The van der Waals surface area contributed by atoms with Crippen molar-refractivity contribution in [3.05, 3.63) is 275 Å². The Kier molecular flexibility index (Phi) is 20.5. The number of rotatable bonds is 12. The third-order valence-electron chi connectivity index (χ3n) is 20.7. The number of thiazole rings is 2. The van der Waals surface area contributed by atoms with Crippen LogP contribution in [0.25, 0.3) is 130 Å². The second-order valence-corrected chi connectivity index (χ2v) is 35.3. The fraction of sp³-hybridized carbons (Fsp3) is 0.224. The number of hydrogen-bond acceptors (Lipinski definition) is 10. The topological polar surface area (TPSA) is 117 Å². The van der Waals surface area contributed by atoms with Crippen LogP contribution in [0.1, 0.15) is 167 Å². The monoisotopic (exact) mass is 1650 g/mol. The van der Waals surface area contributed by atoms with Crippen LogP contribution in [0, 0.1) is 6.07 Å². The van der Waals surface area contributed by atoms with Gasteiger partial charge in [-0.15, -0.1) is 40.9 Å². The minimum atomic E-state index is -0.232. The number of phenols is 2. The Labute approximate surface area is 662 Å². The van der Waals surface area contributed by atoms with Gasteiger partial charge in [-0.05, 0) is 145 Å². The first kappa shape index (κ1) is 75.5. The third kappa shape index (κ3) is 15.0. The van der Waals surface area contributed by atoms with E-state index >= 15 is 0 Å². The molecule has 0 fully saturated rings. The number of aliphatic imine (C=N–C) groups is 2. The summed E-state index contributed by atoms with van der Waals surface area (Å²) in [5.41, 5.74) is 24.6. The molecule has 550 valence electrons. The van der Waals surface area contributed by atoms with E-state index in [4.69, 9.17) is 28.8 Å². The van der Waals surface area contributed by atoms with Crippen LogP contribution < -0.4 is 0 Å². The van der Waals surface area contributed by atoms with E-state index in [0.717, 1.165) is 164 Å². The minimum Gasteiger partial charge on any atom is -0.507 e. The smallest absolute Gasteiger partial charge is 0.143 e. The van der Waals surface area contributed by atoms with E-state index in [1.807, 2.05) is 72.8 Å². The van der Waals surface area contributed by atoms with Crippen LogP contribution in [0.5, 0.6) is 11.5 Å². The first-order valence-corrected chi connectivity index (χ1v) is 39.0. The van der Waals surface area contributed by atoms with Crippen molar-refractivity contribution in [2.24, 2.45) is 9.98 Å². The number of benzene rings is 12. The number of aromatic hydroxyl groups is 2. The molecule has 0 saturated carbocycles. The van der Waals surface area contributed by atoms with Crippen LogP contribution in [0.4, 0.5) is 11.4 Å². The zero-order valence-electron chi connectivity index (χ0n) is 64.8. The molecular formula is C98H91N4O4PtS2-. The fourth-order valence-corrected chi connectivity index (χ4v) is 16.5. The molecule has 2 N–H and O–H groups in total. The van der Waals surface area contributed by atoms with Crippen LogP contribution >= 0.6 is 22.7 Å². The van der Waals surface area contributed by atoms with Gasteiger partial charge in [0, 0.05) is 104 Å². The summed E-state index contributed by atoms with van der Waals surface area (Å²) in [4.78, 5) is 20.8. The molecule has 0 aliphatic rings. The molecule has 12 aromatic carbocycles. The van der Waals surface area contributed by atoms with Crippen molar-refractivity contribution in [2.45, 2.75) is 144 Å². The van der Waals surface area contributed by atoms with Crippen molar-refractivity contribution < 1.29 is 40.1 Å². The predicted octanol–water partition coefficient (Wildman–Crippen LogP) is 28.5. The van der Waals surface area contributed by atoms with Crippen LogP contribution in [0.2, 0.25) is 0 Å². The van der Waals surface area contributed by atoms with Gasteiger partial charge >= 0.3 is 0 Å². The van der Waals surface area contributed by atoms with Gasteiger partial charge in [-0.3, -0.25) is 9.98 Å². The number of furan rings is 2. The summed E-state index contributed by atoms with van der Waals surface area (Å²) >= 11 is 3.33. The van der Waals surface area contributed by atoms with Gasteiger partial charge in [0.25, 0.3) is 0 Å². The Morgan fingerprint density at radius 3 is 1.26 bits per heavy atom. The molecule has 4 heterocycles. The van der Waals surface area contributed by atoms with E-state index in [9.17, 15) is 10.2 Å². The van der Waals surface area contributed by atoms with E-state index in [2.05, 4.69) is 269 Å². The summed E-state index contributed by atoms with van der Waals surface area (Å²) in [6, 6.07) is 81.9. The Morgan fingerprint density at radius 1 is 0.394 bits per heavy atom. The molecule has 4 aromatic heterocycles. The summed E-state index contributed by atoms with van der Waals surface area (Å²) in [6.07, 6.45) is 3.60. The molecule has 0 bridgehead atoms. The van der Waals surface area contributed by atoms with Gasteiger partial charge in [0.1, 0.15) is 38.3 Å². The van der Waals surface area contributed by atoms with Crippen molar-refractivity contribution in [3.8, 4) is 77.1 Å². The maximum atomic E-state index is 11.5. The summed E-state index contributed by atoms with van der Waals surface area (Å²) < 4.78 is 15.2. The van der Waals surface area contributed by atoms with E-state index in [-0.39, 0.29) is 54.2 Å². The predicted molar refractivity (Wildman–Crippen MR) is 459 cm³/mol. The minimum absolute atomic E-state index is 0. The van der Waals surface area contributed by atoms with Crippen LogP contribution in [0.3, 0.4) is 0 Å². The zero-order valence-corrected chi connectivity index (χ0v) is 68.7. The molecule has 0 saturated heterocycles. The van der Waals surface area contributed by atoms with Crippen molar-refractivity contribution in [3.63, 3.8) is 0 Å². The molecule has 0 radical (unpaired) electrons. The molecule has 0 unspecified atom stereocenters. The summed E-state index contributed by atoms with van der Waals surface area (Å²) in [6.45, 7) is 34.9. The van der Waals surface area contributed by atoms with E-state index < -0.39 is 0 Å². The molecule has 11 heteroatoms. The fourth-order valence-electron chi connectivity index (χ4n) is 14.3. The van der Waals surface area contributed by atoms with E-state index in [0.29, 0.717) is 23.0 Å². The number of nitrogens with zero attached hydrogens (tertiary/aromatic N) is 4. The molecule has 16 aromatic rings. The van der Waals surface area contributed by atoms with Crippen molar-refractivity contribution in [1.29, 1.82) is 0 Å². The number of para-hydroxylation sites is 5. The van der Waals surface area contributed by atoms with Gasteiger partial charge < -0.3 is 19.0 Å². The van der Waals surface area contributed by atoms with Gasteiger partial charge in [-0.2, -0.15) is 0 Å². The van der Waals surface area contributed by atoms with Gasteiger partial charge in [0.2, 0.25) is 0 Å². The average molecular weight is 1650 g/mol. The quantitative estimate of drug-likeness (QED) is 0.0929. The Hall–Kier alpha value is -10.4. The van der Waals surface area contributed by atoms with Crippen LogP contribution in [-0.2, 0) is 42.7 Å². The van der Waals surface area contributed by atoms with E-state index in [1.54, 1.807) is 35.1 Å². The van der Waals surface area contributed by atoms with Crippen LogP contribution in [-0.4, -0.2) is 32.6 Å². The summed E-state index contributed by atoms with van der Waals surface area (Å²) in [5.74, 6) is 1.46. The Balaban J connectivity index is 0.000000180. The number of aromatic nitrogens is 2. The Bertz CT molecular complexity index is 5820. The Morgan fingerprint density at radius 2 is 0.798 bits per heavy atom. The molecule has 8 nitrogen and oxygen atoms in total. The van der Waals surface area contributed by atoms with Gasteiger partial charge in [0.15, 0.2) is 0 Å². The summed E-state index contributed by atoms with van der Waals surface area (Å²) in [5, 5.41) is 29.1. The molecule has 109 heavy (non-hydrogen) atoms. The number of hydrogen-bond donors (Lipinski definition) is 2. The van der Waals surface area contributed by atoms with Gasteiger partial charge in [-0.1, -0.05) is 273 Å². The molecule has 0 atom stereocenters. The molecular weight excluding hydrogens is 1560 g/mol. The third-order valence-corrected chi connectivity index (χ3v) is 22.8. The molecule has 16 rings (SSSR count). The molecule has 0 amide bonds. The molecule has 0 aliphatic carbocycles. The van der Waals surface area contributed by atoms with Crippen molar-refractivity contribution in [2.75, 3.05) is 0 Å². The SMILES string of the molecule is CC(C)c1ccc(-c2cc(-c3[c-]ccc4c3oc3ccccc34)c3nc(-c4ccccc4N=Cc4cc(C(C)(C)C)cc(C(C)(C)C)c4O)sc3c2)cc1.CC(C)c1ccc(-c2cc(-c3cccc4c3oc3ccccc34)c3nc(-c4ccccc4N=Cc4cc(C(C)(C)C)cc(C(C)(C)C)c4O)sc3c2)cc1.[Pt]. The average Bonchev–Trinajstić information content (AvgIpc) is 1.60. The molecule has 0 aliphatic heterocycles.